The van der Waals surface area contributed by atoms with Crippen LogP contribution >= 0.6 is 0 Å². The van der Waals surface area contributed by atoms with Gasteiger partial charge in [0.15, 0.2) is 0 Å². The summed E-state index contributed by atoms with van der Waals surface area (Å²) in [6, 6.07) is 0. The van der Waals surface area contributed by atoms with Gasteiger partial charge in [0.2, 0.25) is 0 Å². The van der Waals surface area contributed by atoms with Crippen LogP contribution in [-0.2, 0) is 9.53 Å². The van der Waals surface area contributed by atoms with E-state index in [-0.39, 0.29) is 5.60 Å². The number of carbonyl (C=O) groups is 1. The van der Waals surface area contributed by atoms with Crippen LogP contribution in [0.1, 0.15) is 65.7 Å². The molecule has 1 fully saturated rings. The minimum atomic E-state index is -0.0131. The maximum atomic E-state index is 11.3. The number of carbonyl (C=O) groups excluding carboxylic acids is 1. The minimum absolute atomic E-state index is 0.0131. The third kappa shape index (κ3) is 6.26. The first-order valence-corrected chi connectivity index (χ1v) is 6.63. The maximum absolute atomic E-state index is 11.3. The van der Waals surface area contributed by atoms with Gasteiger partial charge in [0.1, 0.15) is 5.78 Å². The van der Waals surface area contributed by atoms with Crippen LogP contribution < -0.4 is 0 Å². The molecule has 0 bridgehead atoms. The zero-order chi connectivity index (χ0) is 12.0. The normalized spacial score (nSPS) is 22.4. The quantitative estimate of drug-likeness (QED) is 0.668. The van der Waals surface area contributed by atoms with Gasteiger partial charge < -0.3 is 4.74 Å². The average Bonchev–Trinajstić information content (AvgIpc) is 2.15. The van der Waals surface area contributed by atoms with Gasteiger partial charge in [-0.3, -0.25) is 4.79 Å². The number of ketones is 1. The Morgan fingerprint density at radius 1 is 1.31 bits per heavy atom. The Labute approximate surface area is 99.8 Å². The second kappa shape index (κ2) is 6.39. The largest absolute Gasteiger partial charge is 0.376 e. The Bertz CT molecular complexity index is 215. The fourth-order valence-electron chi connectivity index (χ4n) is 2.27. The van der Waals surface area contributed by atoms with E-state index in [4.69, 9.17) is 4.74 Å². The first-order chi connectivity index (χ1) is 7.47. The van der Waals surface area contributed by atoms with Crippen molar-refractivity contribution < 1.29 is 9.53 Å². The maximum Gasteiger partial charge on any atom is 0.133 e. The lowest BCUT2D eigenvalue weighted by Gasteiger charge is -2.22. The lowest BCUT2D eigenvalue weighted by Crippen LogP contribution is -2.20. The van der Waals surface area contributed by atoms with Crippen molar-refractivity contribution in [1.82, 2.24) is 0 Å². The molecule has 0 unspecified atom stereocenters. The molecule has 0 radical (unpaired) electrons. The van der Waals surface area contributed by atoms with Gasteiger partial charge in [-0.1, -0.05) is 6.42 Å². The van der Waals surface area contributed by atoms with Crippen LogP contribution in [0.25, 0.3) is 0 Å². The van der Waals surface area contributed by atoms with Gasteiger partial charge >= 0.3 is 0 Å². The van der Waals surface area contributed by atoms with Crippen molar-refractivity contribution in [1.29, 1.82) is 0 Å². The minimum Gasteiger partial charge on any atom is -0.376 e. The van der Waals surface area contributed by atoms with E-state index in [1.807, 2.05) is 0 Å². The molecule has 2 heteroatoms. The SMILES string of the molecule is CC(C)(C)OCCCC[C@@H]1CCCC(=O)C1. The number of rotatable bonds is 5. The molecule has 1 rings (SSSR count). The molecule has 0 aliphatic heterocycles. The molecular formula is C14H26O2. The van der Waals surface area contributed by atoms with Gasteiger partial charge in [0.25, 0.3) is 0 Å². The molecule has 1 saturated carbocycles. The third-order valence-electron chi connectivity index (χ3n) is 3.13. The molecule has 1 aliphatic carbocycles. The Hall–Kier alpha value is -0.370. The van der Waals surface area contributed by atoms with Crippen molar-refractivity contribution in [3.05, 3.63) is 0 Å². The third-order valence-corrected chi connectivity index (χ3v) is 3.13. The molecule has 0 heterocycles. The lowest BCUT2D eigenvalue weighted by atomic mass is 9.85. The highest BCUT2D eigenvalue weighted by molar-refractivity contribution is 5.79. The zero-order valence-corrected chi connectivity index (χ0v) is 11.1. The number of unbranched alkanes of at least 4 members (excludes halogenated alkanes) is 1. The van der Waals surface area contributed by atoms with Crippen molar-refractivity contribution in [2.75, 3.05) is 6.61 Å². The van der Waals surface area contributed by atoms with Gasteiger partial charge in [-0.05, 0) is 52.4 Å². The molecule has 1 aliphatic rings. The summed E-state index contributed by atoms with van der Waals surface area (Å²) in [6.45, 7) is 7.12. The van der Waals surface area contributed by atoms with Crippen molar-refractivity contribution in [3.8, 4) is 0 Å². The van der Waals surface area contributed by atoms with E-state index in [2.05, 4.69) is 20.8 Å². The zero-order valence-electron chi connectivity index (χ0n) is 11.1. The number of hydrogen-bond acceptors (Lipinski definition) is 2. The number of ether oxygens (including phenoxy) is 1. The topological polar surface area (TPSA) is 26.3 Å². The van der Waals surface area contributed by atoms with Crippen LogP contribution in [0.15, 0.2) is 0 Å². The molecule has 0 spiro atoms. The molecule has 16 heavy (non-hydrogen) atoms. The van der Waals surface area contributed by atoms with E-state index in [1.54, 1.807) is 0 Å². The van der Waals surface area contributed by atoms with Gasteiger partial charge in [-0.25, -0.2) is 0 Å². The number of Topliss-reactive ketones (excluding diaryl/α,β-unsaturated/α-hetero) is 1. The molecule has 0 aromatic rings. The van der Waals surface area contributed by atoms with Crippen LogP contribution in [0.3, 0.4) is 0 Å². The highest BCUT2D eigenvalue weighted by Gasteiger charge is 2.18. The van der Waals surface area contributed by atoms with Gasteiger partial charge in [-0.15, -0.1) is 0 Å². The second-order valence-electron chi connectivity index (χ2n) is 5.96. The Morgan fingerprint density at radius 3 is 2.69 bits per heavy atom. The van der Waals surface area contributed by atoms with E-state index < -0.39 is 0 Å². The van der Waals surface area contributed by atoms with Crippen LogP contribution in [0, 0.1) is 5.92 Å². The van der Waals surface area contributed by atoms with E-state index in [9.17, 15) is 4.79 Å². The van der Waals surface area contributed by atoms with Gasteiger partial charge in [0, 0.05) is 19.4 Å². The molecule has 0 N–H and O–H groups in total. The van der Waals surface area contributed by atoms with E-state index in [0.717, 1.165) is 32.3 Å². The highest BCUT2D eigenvalue weighted by Crippen LogP contribution is 2.25. The fraction of sp³-hybridized carbons (Fsp3) is 0.929. The van der Waals surface area contributed by atoms with Crippen molar-refractivity contribution in [2.24, 2.45) is 5.92 Å². The summed E-state index contributed by atoms with van der Waals surface area (Å²) in [7, 11) is 0. The highest BCUT2D eigenvalue weighted by atomic mass is 16.5. The molecule has 0 amide bonds. The predicted octanol–water partition coefficient (Wildman–Crippen LogP) is 3.73. The molecular weight excluding hydrogens is 200 g/mol. The summed E-state index contributed by atoms with van der Waals surface area (Å²) in [5, 5.41) is 0. The molecule has 2 nitrogen and oxygen atoms in total. The van der Waals surface area contributed by atoms with Gasteiger partial charge in [0.05, 0.1) is 5.60 Å². The first-order valence-electron chi connectivity index (χ1n) is 6.63. The molecule has 94 valence electrons. The van der Waals surface area contributed by atoms with Crippen molar-refractivity contribution >= 4 is 5.78 Å². The summed E-state index contributed by atoms with van der Waals surface area (Å²) >= 11 is 0. The molecule has 0 aromatic heterocycles. The molecule has 1 atom stereocenters. The van der Waals surface area contributed by atoms with Crippen LogP contribution in [0.4, 0.5) is 0 Å². The monoisotopic (exact) mass is 226 g/mol. The molecule has 0 saturated heterocycles. The van der Waals surface area contributed by atoms with Crippen LogP contribution in [0.5, 0.6) is 0 Å². The summed E-state index contributed by atoms with van der Waals surface area (Å²) < 4.78 is 5.67. The fourth-order valence-corrected chi connectivity index (χ4v) is 2.27. The standard InChI is InChI=1S/C14H26O2/c1-14(2,3)16-10-5-4-7-12-8-6-9-13(15)11-12/h12H,4-11H2,1-3H3/t12-/m1/s1. The van der Waals surface area contributed by atoms with Crippen molar-refractivity contribution in [2.45, 2.75) is 71.3 Å². The first kappa shape index (κ1) is 13.7. The van der Waals surface area contributed by atoms with Gasteiger partial charge in [-0.2, -0.15) is 0 Å². The van der Waals surface area contributed by atoms with E-state index in [1.165, 1.54) is 19.3 Å². The van der Waals surface area contributed by atoms with Crippen LogP contribution in [0.2, 0.25) is 0 Å². The number of hydrogen-bond donors (Lipinski definition) is 0. The van der Waals surface area contributed by atoms with Crippen molar-refractivity contribution in [3.63, 3.8) is 0 Å². The Kier molecular flexibility index (Phi) is 5.47. The van der Waals surface area contributed by atoms with E-state index in [0.29, 0.717) is 11.7 Å². The molecule has 0 aromatic carbocycles. The Balaban J connectivity index is 2.00. The summed E-state index contributed by atoms with van der Waals surface area (Å²) in [6.07, 6.45) is 7.56. The Morgan fingerprint density at radius 2 is 2.06 bits per heavy atom. The summed E-state index contributed by atoms with van der Waals surface area (Å²) in [4.78, 5) is 11.3. The predicted molar refractivity (Wildman–Crippen MR) is 66.5 cm³/mol. The lowest BCUT2D eigenvalue weighted by molar-refractivity contribution is -0.121. The second-order valence-corrected chi connectivity index (χ2v) is 5.96. The smallest absolute Gasteiger partial charge is 0.133 e. The van der Waals surface area contributed by atoms with Crippen LogP contribution in [-0.4, -0.2) is 18.0 Å². The van der Waals surface area contributed by atoms with E-state index >= 15 is 0 Å². The average molecular weight is 226 g/mol. The summed E-state index contributed by atoms with van der Waals surface area (Å²) in [5.74, 6) is 1.14. The summed E-state index contributed by atoms with van der Waals surface area (Å²) in [5.41, 5.74) is -0.0131.